The standard InChI is InChI=1S/C17H18N2O2S/c1-21-14-9-7-13(8-10-14)19-16-6-3-2-5-15(16)18-17(19)22-12-4-11-20/h2-3,5-10,20H,4,11-12H2,1H3. The summed E-state index contributed by atoms with van der Waals surface area (Å²) in [6, 6.07) is 16.1. The summed E-state index contributed by atoms with van der Waals surface area (Å²) < 4.78 is 7.38. The molecule has 0 amide bonds. The molecule has 0 saturated carbocycles. The van der Waals surface area contributed by atoms with Crippen LogP contribution in [0.2, 0.25) is 0 Å². The summed E-state index contributed by atoms with van der Waals surface area (Å²) in [5.74, 6) is 1.68. The summed E-state index contributed by atoms with van der Waals surface area (Å²) >= 11 is 1.66. The van der Waals surface area contributed by atoms with E-state index in [0.29, 0.717) is 0 Å². The van der Waals surface area contributed by atoms with Gasteiger partial charge in [0.15, 0.2) is 5.16 Å². The number of aliphatic hydroxyl groups excluding tert-OH is 1. The second kappa shape index (κ2) is 6.85. The van der Waals surface area contributed by atoms with Gasteiger partial charge in [-0.3, -0.25) is 4.57 Å². The fraction of sp³-hybridized carbons (Fsp3) is 0.235. The zero-order chi connectivity index (χ0) is 15.4. The van der Waals surface area contributed by atoms with Crippen LogP contribution in [0.4, 0.5) is 0 Å². The third-order valence-electron chi connectivity index (χ3n) is 3.39. The number of aromatic nitrogens is 2. The summed E-state index contributed by atoms with van der Waals surface area (Å²) in [5, 5.41) is 9.92. The van der Waals surface area contributed by atoms with Gasteiger partial charge in [-0.15, -0.1) is 0 Å². The highest BCUT2D eigenvalue weighted by Crippen LogP contribution is 2.29. The maximum Gasteiger partial charge on any atom is 0.173 e. The highest BCUT2D eigenvalue weighted by molar-refractivity contribution is 7.99. The van der Waals surface area contributed by atoms with Crippen molar-refractivity contribution in [3.05, 3.63) is 48.5 Å². The molecule has 0 bridgehead atoms. The number of rotatable bonds is 6. The molecule has 5 heteroatoms. The van der Waals surface area contributed by atoms with Gasteiger partial charge in [0.2, 0.25) is 0 Å². The second-order valence-electron chi connectivity index (χ2n) is 4.84. The van der Waals surface area contributed by atoms with Crippen LogP contribution in [0, 0.1) is 0 Å². The van der Waals surface area contributed by atoms with Crippen molar-refractivity contribution < 1.29 is 9.84 Å². The molecule has 4 nitrogen and oxygen atoms in total. The molecular formula is C17H18N2O2S. The van der Waals surface area contributed by atoms with Crippen molar-refractivity contribution in [2.24, 2.45) is 0 Å². The molecule has 22 heavy (non-hydrogen) atoms. The van der Waals surface area contributed by atoms with Crippen molar-refractivity contribution in [2.75, 3.05) is 19.5 Å². The number of nitrogens with zero attached hydrogens (tertiary/aromatic N) is 2. The lowest BCUT2D eigenvalue weighted by Crippen LogP contribution is -1.97. The molecule has 1 heterocycles. The molecule has 1 N–H and O–H groups in total. The summed E-state index contributed by atoms with van der Waals surface area (Å²) in [6.07, 6.45) is 0.760. The highest BCUT2D eigenvalue weighted by atomic mass is 32.2. The Morgan fingerprint density at radius 1 is 1.14 bits per heavy atom. The van der Waals surface area contributed by atoms with Gasteiger partial charge in [0.1, 0.15) is 5.75 Å². The van der Waals surface area contributed by atoms with Crippen molar-refractivity contribution in [3.8, 4) is 11.4 Å². The highest BCUT2D eigenvalue weighted by Gasteiger charge is 2.12. The van der Waals surface area contributed by atoms with Gasteiger partial charge < -0.3 is 9.84 Å². The van der Waals surface area contributed by atoms with Gasteiger partial charge in [-0.1, -0.05) is 23.9 Å². The lowest BCUT2D eigenvalue weighted by Gasteiger charge is -2.09. The van der Waals surface area contributed by atoms with E-state index in [1.807, 2.05) is 42.5 Å². The smallest absolute Gasteiger partial charge is 0.173 e. The van der Waals surface area contributed by atoms with Gasteiger partial charge in [0, 0.05) is 18.0 Å². The number of benzene rings is 2. The minimum atomic E-state index is 0.204. The summed E-state index contributed by atoms with van der Waals surface area (Å²) in [6.45, 7) is 0.204. The normalized spacial score (nSPS) is 11.0. The van der Waals surface area contributed by atoms with Crippen LogP contribution in [0.25, 0.3) is 16.7 Å². The topological polar surface area (TPSA) is 47.3 Å². The van der Waals surface area contributed by atoms with E-state index in [9.17, 15) is 0 Å². The van der Waals surface area contributed by atoms with E-state index in [4.69, 9.17) is 14.8 Å². The van der Waals surface area contributed by atoms with Gasteiger partial charge >= 0.3 is 0 Å². The molecule has 0 aliphatic carbocycles. The fourth-order valence-corrected chi connectivity index (χ4v) is 3.26. The zero-order valence-electron chi connectivity index (χ0n) is 12.4. The first-order valence-electron chi connectivity index (χ1n) is 7.19. The van der Waals surface area contributed by atoms with Gasteiger partial charge in [0.05, 0.1) is 18.1 Å². The molecule has 0 aliphatic heterocycles. The third-order valence-corrected chi connectivity index (χ3v) is 4.42. The number of aliphatic hydroxyl groups is 1. The molecule has 1 aromatic heterocycles. The Balaban J connectivity index is 2.05. The first kappa shape index (κ1) is 14.9. The molecule has 0 unspecified atom stereocenters. The Hall–Kier alpha value is -1.98. The molecule has 114 valence electrons. The summed E-state index contributed by atoms with van der Waals surface area (Å²) in [4.78, 5) is 4.72. The van der Waals surface area contributed by atoms with Crippen LogP contribution in [0.15, 0.2) is 53.7 Å². The number of hydrogen-bond donors (Lipinski definition) is 1. The summed E-state index contributed by atoms with van der Waals surface area (Å²) in [7, 11) is 1.66. The maximum absolute atomic E-state index is 8.97. The van der Waals surface area contributed by atoms with E-state index in [-0.39, 0.29) is 6.61 Å². The number of imidazole rings is 1. The Morgan fingerprint density at radius 2 is 1.91 bits per heavy atom. The fourth-order valence-electron chi connectivity index (χ4n) is 2.31. The van der Waals surface area contributed by atoms with Crippen LogP contribution < -0.4 is 4.74 Å². The van der Waals surface area contributed by atoms with Crippen LogP contribution in [-0.4, -0.2) is 34.1 Å². The molecule has 0 radical (unpaired) electrons. The van der Waals surface area contributed by atoms with Crippen LogP contribution in [0.3, 0.4) is 0 Å². The number of ether oxygens (including phenoxy) is 1. The molecule has 3 rings (SSSR count). The van der Waals surface area contributed by atoms with Gasteiger partial charge in [-0.2, -0.15) is 0 Å². The third kappa shape index (κ3) is 2.96. The molecule has 0 atom stereocenters. The Bertz CT molecular complexity index is 753. The van der Waals surface area contributed by atoms with E-state index in [1.165, 1.54) is 0 Å². The van der Waals surface area contributed by atoms with E-state index in [0.717, 1.165) is 39.8 Å². The Kier molecular flexibility index (Phi) is 4.65. The van der Waals surface area contributed by atoms with Crippen molar-refractivity contribution in [3.63, 3.8) is 0 Å². The number of fused-ring (bicyclic) bond motifs is 1. The molecule has 0 saturated heterocycles. The van der Waals surface area contributed by atoms with Crippen molar-refractivity contribution >= 4 is 22.8 Å². The molecule has 3 aromatic rings. The quantitative estimate of drug-likeness (QED) is 0.559. The van der Waals surface area contributed by atoms with E-state index >= 15 is 0 Å². The monoisotopic (exact) mass is 314 g/mol. The lowest BCUT2D eigenvalue weighted by atomic mass is 10.2. The Morgan fingerprint density at radius 3 is 2.64 bits per heavy atom. The first-order chi connectivity index (χ1) is 10.8. The average molecular weight is 314 g/mol. The number of para-hydroxylation sites is 2. The molecule has 2 aromatic carbocycles. The van der Waals surface area contributed by atoms with Crippen LogP contribution in [-0.2, 0) is 0 Å². The van der Waals surface area contributed by atoms with Crippen LogP contribution in [0.5, 0.6) is 5.75 Å². The van der Waals surface area contributed by atoms with Crippen LogP contribution in [0.1, 0.15) is 6.42 Å². The average Bonchev–Trinajstić information content (AvgIpc) is 2.93. The van der Waals surface area contributed by atoms with Crippen molar-refractivity contribution in [1.82, 2.24) is 9.55 Å². The molecular weight excluding hydrogens is 296 g/mol. The Labute approximate surface area is 133 Å². The minimum absolute atomic E-state index is 0.204. The van der Waals surface area contributed by atoms with Crippen molar-refractivity contribution in [1.29, 1.82) is 0 Å². The zero-order valence-corrected chi connectivity index (χ0v) is 13.2. The minimum Gasteiger partial charge on any atom is -0.497 e. The first-order valence-corrected chi connectivity index (χ1v) is 8.17. The van der Waals surface area contributed by atoms with E-state index in [1.54, 1.807) is 18.9 Å². The number of thioether (sulfide) groups is 1. The predicted molar refractivity (Wildman–Crippen MR) is 90.0 cm³/mol. The van der Waals surface area contributed by atoms with Gasteiger partial charge in [-0.25, -0.2) is 4.98 Å². The van der Waals surface area contributed by atoms with Gasteiger partial charge in [-0.05, 0) is 42.8 Å². The van der Waals surface area contributed by atoms with E-state index < -0.39 is 0 Å². The SMILES string of the molecule is COc1ccc(-n2c(SCCCO)nc3ccccc32)cc1. The maximum atomic E-state index is 8.97. The summed E-state index contributed by atoms with van der Waals surface area (Å²) in [5.41, 5.74) is 3.12. The second-order valence-corrected chi connectivity index (χ2v) is 5.90. The largest absolute Gasteiger partial charge is 0.497 e. The number of methoxy groups -OCH3 is 1. The lowest BCUT2D eigenvalue weighted by molar-refractivity contribution is 0.296. The predicted octanol–water partition coefficient (Wildman–Crippen LogP) is 3.51. The molecule has 0 aliphatic rings. The molecule has 0 spiro atoms. The van der Waals surface area contributed by atoms with Crippen molar-refractivity contribution in [2.45, 2.75) is 11.6 Å². The van der Waals surface area contributed by atoms with E-state index in [2.05, 4.69) is 10.6 Å². The van der Waals surface area contributed by atoms with Crippen LogP contribution >= 0.6 is 11.8 Å². The molecule has 0 fully saturated rings. The van der Waals surface area contributed by atoms with Gasteiger partial charge in [0.25, 0.3) is 0 Å². The number of hydrogen-bond acceptors (Lipinski definition) is 4.